The normalized spacial score (nSPS) is 12.4. The molecule has 0 fully saturated rings. The van der Waals surface area contributed by atoms with E-state index in [-0.39, 0.29) is 5.60 Å². The first-order chi connectivity index (χ1) is 9.38. The standard InChI is InChI=1S/C14H21BrClN3O/c1-14(2,20-4)9-19-13(17-3)18-8-10-5-6-11(15)7-12(10)16/h5-7H,8-9H2,1-4H3,(H2,17,18,19). The van der Waals surface area contributed by atoms with Crippen LogP contribution in [-0.4, -0.2) is 32.3 Å². The lowest BCUT2D eigenvalue weighted by Crippen LogP contribution is -2.45. The fourth-order valence-corrected chi connectivity index (χ4v) is 2.17. The van der Waals surface area contributed by atoms with Gasteiger partial charge in [0.1, 0.15) is 0 Å². The maximum absolute atomic E-state index is 6.18. The Kier molecular flexibility index (Phi) is 6.79. The van der Waals surface area contributed by atoms with Crippen LogP contribution in [0.15, 0.2) is 27.7 Å². The number of hydrogen-bond acceptors (Lipinski definition) is 2. The Bertz CT molecular complexity index is 477. The number of nitrogens with zero attached hydrogens (tertiary/aromatic N) is 1. The molecule has 1 aromatic carbocycles. The van der Waals surface area contributed by atoms with Crippen LogP contribution in [0.25, 0.3) is 0 Å². The van der Waals surface area contributed by atoms with Gasteiger partial charge in [-0.25, -0.2) is 0 Å². The third kappa shape index (κ3) is 5.69. The summed E-state index contributed by atoms with van der Waals surface area (Å²) in [6.07, 6.45) is 0. The van der Waals surface area contributed by atoms with E-state index in [9.17, 15) is 0 Å². The van der Waals surface area contributed by atoms with E-state index in [0.717, 1.165) is 15.1 Å². The van der Waals surface area contributed by atoms with Crippen LogP contribution in [0.2, 0.25) is 5.02 Å². The van der Waals surface area contributed by atoms with Gasteiger partial charge in [-0.3, -0.25) is 4.99 Å². The lowest BCUT2D eigenvalue weighted by atomic mass is 10.1. The van der Waals surface area contributed by atoms with E-state index >= 15 is 0 Å². The van der Waals surface area contributed by atoms with Gasteiger partial charge in [-0.1, -0.05) is 33.6 Å². The number of ether oxygens (including phenoxy) is 1. The minimum Gasteiger partial charge on any atom is -0.377 e. The zero-order valence-electron chi connectivity index (χ0n) is 12.3. The van der Waals surface area contributed by atoms with E-state index in [1.165, 1.54) is 0 Å². The molecule has 0 heterocycles. The van der Waals surface area contributed by atoms with Crippen LogP contribution in [0.3, 0.4) is 0 Å². The molecule has 0 atom stereocenters. The highest BCUT2D eigenvalue weighted by atomic mass is 79.9. The lowest BCUT2D eigenvalue weighted by molar-refractivity contribution is 0.0268. The largest absolute Gasteiger partial charge is 0.377 e. The topological polar surface area (TPSA) is 45.7 Å². The van der Waals surface area contributed by atoms with Crippen LogP contribution in [0.1, 0.15) is 19.4 Å². The van der Waals surface area contributed by atoms with Gasteiger partial charge in [0.2, 0.25) is 0 Å². The van der Waals surface area contributed by atoms with Crippen LogP contribution in [0.4, 0.5) is 0 Å². The first-order valence-corrected chi connectivity index (χ1v) is 7.48. The molecule has 6 heteroatoms. The third-order valence-electron chi connectivity index (χ3n) is 2.92. The second kappa shape index (κ2) is 7.86. The Balaban J connectivity index is 2.54. The van der Waals surface area contributed by atoms with Crippen molar-refractivity contribution in [2.75, 3.05) is 20.7 Å². The summed E-state index contributed by atoms with van der Waals surface area (Å²) < 4.78 is 6.32. The van der Waals surface area contributed by atoms with Gasteiger partial charge in [-0.15, -0.1) is 0 Å². The predicted octanol–water partition coefficient (Wildman–Crippen LogP) is 3.19. The number of nitrogens with one attached hydrogen (secondary N) is 2. The van der Waals surface area contributed by atoms with Crippen molar-refractivity contribution < 1.29 is 4.74 Å². The Morgan fingerprint density at radius 2 is 2.10 bits per heavy atom. The summed E-state index contributed by atoms with van der Waals surface area (Å²) in [6, 6.07) is 5.82. The summed E-state index contributed by atoms with van der Waals surface area (Å²) in [4.78, 5) is 4.17. The average molecular weight is 363 g/mol. The summed E-state index contributed by atoms with van der Waals surface area (Å²) >= 11 is 9.57. The Hall–Kier alpha value is -0.780. The maximum atomic E-state index is 6.18. The van der Waals surface area contributed by atoms with Crippen molar-refractivity contribution in [1.29, 1.82) is 0 Å². The number of aliphatic imine (C=N–C) groups is 1. The van der Waals surface area contributed by atoms with Gasteiger partial charge in [0.15, 0.2) is 5.96 Å². The molecule has 1 rings (SSSR count). The first-order valence-electron chi connectivity index (χ1n) is 6.31. The van der Waals surface area contributed by atoms with Gasteiger partial charge in [-0.2, -0.15) is 0 Å². The fourth-order valence-electron chi connectivity index (χ4n) is 1.43. The van der Waals surface area contributed by atoms with Gasteiger partial charge >= 0.3 is 0 Å². The van der Waals surface area contributed by atoms with E-state index in [1.54, 1.807) is 14.2 Å². The van der Waals surface area contributed by atoms with Crippen LogP contribution in [-0.2, 0) is 11.3 Å². The van der Waals surface area contributed by atoms with E-state index in [0.29, 0.717) is 19.0 Å². The maximum Gasteiger partial charge on any atom is 0.191 e. The Labute approximate surface area is 134 Å². The summed E-state index contributed by atoms with van der Waals surface area (Å²) in [5, 5.41) is 7.17. The Morgan fingerprint density at radius 3 is 2.65 bits per heavy atom. The Morgan fingerprint density at radius 1 is 1.40 bits per heavy atom. The second-order valence-electron chi connectivity index (χ2n) is 4.98. The second-order valence-corrected chi connectivity index (χ2v) is 6.30. The van der Waals surface area contributed by atoms with Gasteiger partial charge < -0.3 is 15.4 Å². The highest BCUT2D eigenvalue weighted by Gasteiger charge is 2.16. The van der Waals surface area contributed by atoms with Crippen molar-refractivity contribution in [3.05, 3.63) is 33.3 Å². The molecule has 0 saturated heterocycles. The molecule has 4 nitrogen and oxygen atoms in total. The molecule has 0 amide bonds. The molecule has 0 aliphatic carbocycles. The van der Waals surface area contributed by atoms with Gasteiger partial charge in [0.05, 0.1) is 5.60 Å². The van der Waals surface area contributed by atoms with E-state index < -0.39 is 0 Å². The smallest absolute Gasteiger partial charge is 0.191 e. The van der Waals surface area contributed by atoms with E-state index in [4.69, 9.17) is 16.3 Å². The molecule has 0 aromatic heterocycles. The monoisotopic (exact) mass is 361 g/mol. The average Bonchev–Trinajstić information content (AvgIpc) is 2.41. The number of rotatable bonds is 5. The molecule has 0 bridgehead atoms. The van der Waals surface area contributed by atoms with Crippen LogP contribution >= 0.6 is 27.5 Å². The molecular weight excluding hydrogens is 342 g/mol. The molecule has 112 valence electrons. The van der Waals surface area contributed by atoms with E-state index in [2.05, 4.69) is 31.6 Å². The highest BCUT2D eigenvalue weighted by molar-refractivity contribution is 9.10. The zero-order chi connectivity index (χ0) is 15.2. The van der Waals surface area contributed by atoms with Crippen molar-refractivity contribution in [2.24, 2.45) is 4.99 Å². The highest BCUT2D eigenvalue weighted by Crippen LogP contribution is 2.21. The van der Waals surface area contributed by atoms with Crippen molar-refractivity contribution in [2.45, 2.75) is 26.0 Å². The minimum atomic E-state index is -0.243. The number of halogens is 2. The molecule has 0 radical (unpaired) electrons. The van der Waals surface area contributed by atoms with Crippen LogP contribution in [0.5, 0.6) is 0 Å². The number of methoxy groups -OCH3 is 1. The van der Waals surface area contributed by atoms with Crippen LogP contribution in [0, 0.1) is 0 Å². The summed E-state index contributed by atoms with van der Waals surface area (Å²) in [7, 11) is 3.43. The zero-order valence-corrected chi connectivity index (χ0v) is 14.6. The lowest BCUT2D eigenvalue weighted by Gasteiger charge is -2.24. The summed E-state index contributed by atoms with van der Waals surface area (Å²) in [6.45, 7) is 5.30. The quantitative estimate of drug-likeness (QED) is 0.624. The summed E-state index contributed by atoms with van der Waals surface area (Å²) in [5.41, 5.74) is 0.774. The fraction of sp³-hybridized carbons (Fsp3) is 0.500. The molecule has 2 N–H and O–H groups in total. The van der Waals surface area contributed by atoms with Crippen molar-refractivity contribution in [3.63, 3.8) is 0 Å². The number of guanidine groups is 1. The van der Waals surface area contributed by atoms with E-state index in [1.807, 2.05) is 32.0 Å². The SMILES string of the molecule is CN=C(NCc1ccc(Br)cc1Cl)NCC(C)(C)OC. The molecule has 0 saturated carbocycles. The predicted molar refractivity (Wildman–Crippen MR) is 88.4 cm³/mol. The number of hydrogen-bond donors (Lipinski definition) is 2. The molecule has 0 aliphatic rings. The van der Waals surface area contributed by atoms with Gasteiger partial charge in [-0.05, 0) is 31.5 Å². The molecule has 0 unspecified atom stereocenters. The van der Waals surface area contributed by atoms with Crippen LogP contribution < -0.4 is 10.6 Å². The minimum absolute atomic E-state index is 0.243. The molecule has 20 heavy (non-hydrogen) atoms. The molecule has 0 aliphatic heterocycles. The van der Waals surface area contributed by atoms with Crippen molar-refractivity contribution in [1.82, 2.24) is 10.6 Å². The molecule has 1 aromatic rings. The summed E-state index contributed by atoms with van der Waals surface area (Å²) in [5.74, 6) is 0.717. The molecular formula is C14H21BrClN3O. The van der Waals surface area contributed by atoms with Crippen molar-refractivity contribution in [3.8, 4) is 0 Å². The first kappa shape index (κ1) is 17.3. The van der Waals surface area contributed by atoms with Gasteiger partial charge in [0.25, 0.3) is 0 Å². The molecule has 0 spiro atoms. The van der Waals surface area contributed by atoms with Gasteiger partial charge in [0, 0.05) is 36.7 Å². The van der Waals surface area contributed by atoms with Crippen molar-refractivity contribution >= 4 is 33.5 Å². The number of benzene rings is 1. The third-order valence-corrected chi connectivity index (χ3v) is 3.76.